The van der Waals surface area contributed by atoms with Crippen LogP contribution in [0.4, 0.5) is 79.3 Å². The summed E-state index contributed by atoms with van der Waals surface area (Å²) in [6.45, 7) is 10.7. The second-order valence-electron chi connectivity index (χ2n) is 28.9. The third-order valence-electron chi connectivity index (χ3n) is 18.6. The van der Waals surface area contributed by atoms with E-state index in [4.69, 9.17) is 46.5 Å². The number of rotatable bonds is 18. The summed E-state index contributed by atoms with van der Waals surface area (Å²) in [4.78, 5) is 121. The number of carbonyl (C=O) groups excluding carboxylic acids is 6. The van der Waals surface area contributed by atoms with Gasteiger partial charge in [-0.25, -0.2) is 14.4 Å². The van der Waals surface area contributed by atoms with Crippen molar-refractivity contribution in [2.24, 2.45) is 35.0 Å². The number of piperidine rings is 3. The largest absolute Gasteiger partial charge is 1.00 e. The number of carboxylic acid groups (broad SMARTS) is 2. The number of amides is 4. The number of hydrogen-bond donors (Lipinski definition) is 9. The number of hydrogen-bond acceptors (Lipinski definition) is 28. The fourth-order valence-electron chi connectivity index (χ4n) is 13.0. The van der Waals surface area contributed by atoms with E-state index in [0.29, 0.717) is 112 Å². The molecule has 3 aliphatic heterocycles. The molecule has 3 saturated heterocycles. The van der Waals surface area contributed by atoms with Gasteiger partial charge in [0.2, 0.25) is 18.0 Å². The van der Waals surface area contributed by atoms with Crippen molar-refractivity contribution in [2.45, 2.75) is 134 Å². The van der Waals surface area contributed by atoms with Gasteiger partial charge in [0.05, 0.1) is 33.8 Å². The third kappa shape index (κ3) is 36.5. The topological polar surface area (TPSA) is 522 Å². The van der Waals surface area contributed by atoms with E-state index in [9.17, 15) is 96.8 Å². The molecule has 3 fully saturated rings. The zero-order chi connectivity index (χ0) is 95.5. The van der Waals surface area contributed by atoms with Crippen LogP contribution in [0, 0.1) is 51.7 Å². The van der Waals surface area contributed by atoms with Gasteiger partial charge in [0.15, 0.2) is 12.1 Å². The first-order valence-corrected chi connectivity index (χ1v) is 38.5. The van der Waals surface area contributed by atoms with E-state index in [0.717, 1.165) is 36.3 Å². The zero-order valence-electron chi connectivity index (χ0n) is 72.2. The number of aromatic nitrogens is 6. The van der Waals surface area contributed by atoms with Crippen molar-refractivity contribution in [1.29, 1.82) is 15.8 Å². The van der Waals surface area contributed by atoms with Crippen molar-refractivity contribution in [1.82, 2.24) is 51.2 Å². The van der Waals surface area contributed by atoms with E-state index in [1.807, 2.05) is 66.1 Å². The number of nitrogens with zero attached hydrogens (tertiary/aromatic N) is 12. The maximum atomic E-state index is 13.7. The van der Waals surface area contributed by atoms with E-state index in [1.165, 1.54) is 37.0 Å². The first-order chi connectivity index (χ1) is 60.9. The second-order valence-corrected chi connectivity index (χ2v) is 28.9. The molecular formula is C83H88ClF12N19Na2O15. The Bertz CT molecular complexity index is 5390. The molecule has 0 aliphatic carbocycles. The number of alkyl halides is 12. The first kappa shape index (κ1) is 114. The first-order valence-electron chi connectivity index (χ1n) is 38.5. The van der Waals surface area contributed by atoms with Gasteiger partial charge in [0, 0.05) is 101 Å². The Morgan fingerprint density at radius 1 is 0.470 bits per heavy atom. The van der Waals surface area contributed by atoms with Crippen LogP contribution in [0.5, 0.6) is 0 Å². The molecule has 10 atom stereocenters. The molecule has 49 heteroatoms. The fourth-order valence-corrected chi connectivity index (χ4v) is 13.0. The van der Waals surface area contributed by atoms with Crippen molar-refractivity contribution >= 4 is 111 Å². The van der Waals surface area contributed by atoms with Crippen molar-refractivity contribution in [2.75, 3.05) is 54.0 Å². The number of fused-ring (bicyclic) bond motifs is 3. The maximum absolute atomic E-state index is 13.7. The number of alkyl carbamates (subject to hydrolysis) is 2. The molecule has 698 valence electrons. The number of esters is 1. The Morgan fingerprint density at radius 3 is 1.05 bits per heavy atom. The van der Waals surface area contributed by atoms with Crippen LogP contribution in [0.3, 0.4) is 0 Å². The molecule has 12 rings (SSSR count). The molecule has 0 saturated carbocycles. The SMILES string of the molecule is CC(=O)OCc1ccccc1.C[C@H]1C[C@@H](N)CN(c2ccc(C#N)c3nccnc23)C1.C[C@H]1C[C@@H](NC(=O)C(N)C(F)(F)F)CN(c2ccc(C#N)c3nccnc23)C1.C[C@H]1C[C@@H](NC(=O)C(NC(=O)OCc2ccccc2)C(F)(F)F)CN(c2ccc(C#N)c3nccnc23)C1.Cl.NC(C(=O)O)C(F)(F)F.O=C(NC(C(=O)O)C(F)(F)F)OCc1ccccc1.O=CO[O-].[H-].[Na+].[Na+]. The van der Waals surface area contributed by atoms with Crippen LogP contribution in [-0.4, -0.2) is 195 Å². The molecule has 4 unspecified atom stereocenters. The number of carbonyl (C=O) groups is 8. The van der Waals surface area contributed by atoms with Crippen LogP contribution in [0.2, 0.25) is 0 Å². The molecule has 4 amide bonds. The van der Waals surface area contributed by atoms with E-state index in [1.54, 1.807) is 103 Å². The smallest absolute Gasteiger partial charge is 1.00 e. The number of carboxylic acids is 2. The predicted octanol–water partition coefficient (Wildman–Crippen LogP) is 3.70. The van der Waals surface area contributed by atoms with Crippen molar-refractivity contribution in [3.05, 3.63) is 198 Å². The number of aliphatic carboxylic acids is 2. The van der Waals surface area contributed by atoms with Gasteiger partial charge < -0.3 is 83.8 Å². The average Bonchev–Trinajstić information content (AvgIpc) is 0.792. The number of ether oxygens (including phenoxy) is 3. The average molecular weight is 1900 g/mol. The molecule has 3 aliphatic rings. The normalized spacial score (nSPS) is 17.0. The number of nitrogens with two attached hydrogens (primary N) is 3. The van der Waals surface area contributed by atoms with E-state index >= 15 is 0 Å². The van der Waals surface area contributed by atoms with Gasteiger partial charge in [-0.3, -0.25) is 59.2 Å². The maximum Gasteiger partial charge on any atom is 1.00 e. The minimum atomic E-state index is -5.09. The predicted molar refractivity (Wildman–Crippen MR) is 443 cm³/mol. The molecule has 12 N–H and O–H groups in total. The molecule has 6 heterocycles. The fraction of sp³-hybridized carbons (Fsp3) is 0.361. The summed E-state index contributed by atoms with van der Waals surface area (Å²) in [5.74, 6) is -6.44. The molecular weight excluding hydrogens is 1810 g/mol. The Kier molecular flexibility index (Phi) is 47.2. The second kappa shape index (κ2) is 54.6. The van der Waals surface area contributed by atoms with Crippen molar-refractivity contribution in [3.63, 3.8) is 0 Å². The van der Waals surface area contributed by atoms with E-state index in [-0.39, 0.29) is 123 Å². The van der Waals surface area contributed by atoms with Gasteiger partial charge in [0.25, 0.3) is 12.4 Å². The monoisotopic (exact) mass is 1900 g/mol. The number of benzene rings is 6. The Morgan fingerprint density at radius 2 is 0.773 bits per heavy atom. The zero-order valence-corrected chi connectivity index (χ0v) is 76.0. The van der Waals surface area contributed by atoms with Crippen LogP contribution in [-0.2, 0) is 67.7 Å². The Balaban J connectivity index is 0.000000561. The van der Waals surface area contributed by atoms with E-state index < -0.39 is 96.9 Å². The minimum absolute atomic E-state index is 0. The molecule has 0 bridgehead atoms. The third-order valence-corrected chi connectivity index (χ3v) is 18.6. The van der Waals surface area contributed by atoms with Crippen LogP contribution < -0.4 is 118 Å². The van der Waals surface area contributed by atoms with Crippen molar-refractivity contribution in [3.8, 4) is 18.2 Å². The van der Waals surface area contributed by atoms with Crippen LogP contribution >= 0.6 is 12.4 Å². The molecule has 0 spiro atoms. The molecule has 132 heavy (non-hydrogen) atoms. The van der Waals surface area contributed by atoms with Gasteiger partial charge >= 0.3 is 114 Å². The van der Waals surface area contributed by atoms with Gasteiger partial charge in [-0.2, -0.15) is 68.5 Å². The molecule has 0 radical (unpaired) electrons. The quantitative estimate of drug-likeness (QED) is 0.0112. The summed E-state index contributed by atoms with van der Waals surface area (Å²) >= 11 is 0. The molecule has 6 aromatic carbocycles. The van der Waals surface area contributed by atoms with E-state index in [2.05, 4.69) is 85.9 Å². The number of nitrogens with one attached hydrogen (secondary N) is 4. The molecule has 3 aromatic heterocycles. The number of halogens is 13. The summed E-state index contributed by atoms with van der Waals surface area (Å²) in [6.07, 6.45) is -11.3. The van der Waals surface area contributed by atoms with Gasteiger partial charge in [-0.1, -0.05) is 112 Å². The van der Waals surface area contributed by atoms with Crippen LogP contribution in [0.25, 0.3) is 33.1 Å². The van der Waals surface area contributed by atoms with Gasteiger partial charge in [0.1, 0.15) is 71.1 Å². The number of nitriles is 3. The summed E-state index contributed by atoms with van der Waals surface area (Å²) in [7, 11) is 0. The summed E-state index contributed by atoms with van der Waals surface area (Å²) in [6, 6.07) is 31.1. The standard InChI is InChI=1S/C26H25F3N6O3.C18H19F3N6O.C15H17N5.C11H10F3NO4.C9H10O2.C3H4F3NO2.CH2O3.ClH.2Na.H/c1-16-11-19(14-35(13-16)20-8-7-18(12-30)21-22(20)32-10-9-31-21)33-24(36)23(26(27,28)29)34-25(37)38-15-17-5-3-2-4-6-17;1-10-6-12(26-17(28)16(23)18(19,20)21)9-27(8-10)13-3-2-11(7-22)14-15(13)25-5-4-24-14;1-10-6-12(17)9-20(8-10)13-3-2-11(7-16)14-15(13)19-5-4-18-14;12-11(13,14)8(9(16)17)15-10(18)19-6-7-4-2-1-3-5-7;1-8(10)11-7-9-5-3-2-4-6-9;4-3(5,6)1(7)2(8)9;2-1-4-3;;;;/h2-10,16,19,23H,11,13-15H2,1H3,(H,33,36)(H,34,37);2-5,10,12,16H,6,8-9,23H2,1H3,(H,26,28);2-5,10,12H,6,8-9,17H2,1H3;1-5,8H,6H2,(H,15,18)(H,16,17);2-6H,7H2,1H3;1H,7H2,(H,8,9);1,3H;1H;;;/q;;;;;;;;2*+1;-1/p-1/t16-,19+,23?;10-,12+,16?;10-,12+;;;;;;;;/m000......../s1. The Hall–Kier alpha value is -12.1. The Labute approximate surface area is 797 Å². The van der Waals surface area contributed by atoms with Crippen LogP contribution in [0.15, 0.2) is 165 Å². The summed E-state index contributed by atoms with van der Waals surface area (Å²) in [5.41, 5.74) is 24.5. The minimum Gasteiger partial charge on any atom is -1.00 e. The summed E-state index contributed by atoms with van der Waals surface area (Å²) in [5, 5.41) is 60.0. The van der Waals surface area contributed by atoms with Crippen molar-refractivity contribution < 1.29 is 186 Å². The van der Waals surface area contributed by atoms with Gasteiger partial charge in [-0.15, -0.1) is 12.4 Å². The summed E-state index contributed by atoms with van der Waals surface area (Å²) < 4.78 is 164. The molecule has 34 nitrogen and oxygen atoms in total. The van der Waals surface area contributed by atoms with Crippen LogP contribution in [0.1, 0.15) is 81.8 Å². The van der Waals surface area contributed by atoms with Gasteiger partial charge in [-0.05, 0) is 90.1 Å². The number of anilines is 3. The molecule has 9 aromatic rings.